The van der Waals surface area contributed by atoms with Crippen molar-refractivity contribution < 1.29 is 9.47 Å². The average molecular weight is 268 g/mol. The highest BCUT2D eigenvalue weighted by Gasteiger charge is 2.65. The Morgan fingerprint density at radius 3 is 2.32 bits per heavy atom. The van der Waals surface area contributed by atoms with Crippen molar-refractivity contribution in [2.45, 2.75) is 91.6 Å². The Balaban J connectivity index is 2.08. The first-order valence-corrected chi connectivity index (χ1v) is 8.00. The molecular weight excluding hydrogens is 236 g/mol. The summed E-state index contributed by atoms with van der Waals surface area (Å²) in [5.74, 6) is 1.13. The topological polar surface area (TPSA) is 18.5 Å². The van der Waals surface area contributed by atoms with Crippen LogP contribution in [-0.4, -0.2) is 17.5 Å². The predicted molar refractivity (Wildman–Crippen MR) is 79.0 cm³/mol. The second-order valence-corrected chi connectivity index (χ2v) is 7.96. The fraction of sp³-hybridized carbons (Fsp3) is 1.00. The molecule has 2 heteroatoms. The Bertz CT molecular complexity index is 334. The highest BCUT2D eigenvalue weighted by Crippen LogP contribution is 2.59. The molecule has 0 aromatic carbocycles. The number of hydrogen-bond donors (Lipinski definition) is 0. The lowest BCUT2D eigenvalue weighted by atomic mass is 9.71. The minimum absolute atomic E-state index is 0.128. The summed E-state index contributed by atoms with van der Waals surface area (Å²) in [7, 11) is 0. The smallest absolute Gasteiger partial charge is 0.164 e. The van der Waals surface area contributed by atoms with Crippen LogP contribution in [0.4, 0.5) is 0 Å². The number of fused-ring (bicyclic) bond motifs is 1. The minimum atomic E-state index is -0.418. The zero-order valence-electron chi connectivity index (χ0n) is 13.9. The van der Waals surface area contributed by atoms with Gasteiger partial charge in [-0.25, -0.2) is 0 Å². The van der Waals surface area contributed by atoms with Crippen molar-refractivity contribution in [2.24, 2.45) is 17.3 Å². The molecule has 3 unspecified atom stereocenters. The monoisotopic (exact) mass is 268 g/mol. The van der Waals surface area contributed by atoms with Crippen molar-refractivity contribution in [1.29, 1.82) is 0 Å². The number of rotatable bonds is 4. The van der Waals surface area contributed by atoms with Crippen molar-refractivity contribution >= 4 is 0 Å². The van der Waals surface area contributed by atoms with Gasteiger partial charge in [0.2, 0.25) is 0 Å². The molecule has 2 rings (SSSR count). The van der Waals surface area contributed by atoms with Crippen LogP contribution < -0.4 is 0 Å². The summed E-state index contributed by atoms with van der Waals surface area (Å²) in [5.41, 5.74) is 0.0650. The molecule has 1 aliphatic carbocycles. The molecule has 0 radical (unpaired) electrons. The summed E-state index contributed by atoms with van der Waals surface area (Å²) >= 11 is 0. The molecule has 0 bridgehead atoms. The van der Waals surface area contributed by atoms with Crippen LogP contribution in [0.5, 0.6) is 0 Å². The van der Waals surface area contributed by atoms with Gasteiger partial charge >= 0.3 is 0 Å². The quantitative estimate of drug-likeness (QED) is 0.731. The molecule has 0 N–H and O–H groups in total. The molecule has 1 aliphatic heterocycles. The summed E-state index contributed by atoms with van der Waals surface area (Å²) in [6.07, 6.45) is 5.34. The summed E-state index contributed by atoms with van der Waals surface area (Å²) in [6, 6.07) is 0. The molecule has 1 heterocycles. The van der Waals surface area contributed by atoms with Crippen molar-refractivity contribution in [3.8, 4) is 0 Å². The van der Waals surface area contributed by atoms with Crippen LogP contribution in [-0.2, 0) is 9.47 Å². The molecule has 0 amide bonds. The average Bonchev–Trinajstić information content (AvgIpc) is 2.62. The Morgan fingerprint density at radius 1 is 1.16 bits per heavy atom. The summed E-state index contributed by atoms with van der Waals surface area (Å²) in [6.45, 7) is 15.7. The van der Waals surface area contributed by atoms with Crippen LogP contribution >= 0.6 is 0 Å². The Hall–Kier alpha value is -0.0800. The van der Waals surface area contributed by atoms with Gasteiger partial charge in [0.1, 0.15) is 5.60 Å². The normalized spacial score (nSPS) is 41.2. The lowest BCUT2D eigenvalue weighted by Crippen LogP contribution is -2.46. The van der Waals surface area contributed by atoms with E-state index in [1.165, 1.54) is 19.3 Å². The van der Waals surface area contributed by atoms with Gasteiger partial charge in [0.05, 0.1) is 6.10 Å². The number of ether oxygens (including phenoxy) is 2. The third kappa shape index (κ3) is 2.47. The van der Waals surface area contributed by atoms with E-state index in [1.807, 2.05) is 13.8 Å². The molecule has 1 saturated heterocycles. The maximum atomic E-state index is 6.32. The second-order valence-electron chi connectivity index (χ2n) is 7.96. The largest absolute Gasteiger partial charge is 0.344 e. The van der Waals surface area contributed by atoms with Crippen molar-refractivity contribution in [2.75, 3.05) is 0 Å². The first kappa shape index (κ1) is 15.3. The van der Waals surface area contributed by atoms with E-state index in [4.69, 9.17) is 9.47 Å². The van der Waals surface area contributed by atoms with E-state index in [9.17, 15) is 0 Å². The molecule has 0 aromatic rings. The molecule has 4 atom stereocenters. The van der Waals surface area contributed by atoms with Crippen LogP contribution in [0.15, 0.2) is 0 Å². The van der Waals surface area contributed by atoms with E-state index in [-0.39, 0.29) is 17.1 Å². The van der Waals surface area contributed by atoms with Crippen molar-refractivity contribution in [3.63, 3.8) is 0 Å². The van der Waals surface area contributed by atoms with Gasteiger partial charge < -0.3 is 9.47 Å². The molecule has 0 spiro atoms. The summed E-state index contributed by atoms with van der Waals surface area (Å²) in [4.78, 5) is 0. The Labute approximate surface area is 119 Å². The van der Waals surface area contributed by atoms with Gasteiger partial charge in [0.15, 0.2) is 5.79 Å². The van der Waals surface area contributed by atoms with E-state index in [0.717, 1.165) is 12.3 Å². The van der Waals surface area contributed by atoms with Crippen molar-refractivity contribution in [1.82, 2.24) is 0 Å². The third-order valence-electron chi connectivity index (χ3n) is 6.00. The standard InChI is InChI=1S/C17H32O2/c1-8-12(2)9-10-13-11-14-17(7,15(13,3)4)19-16(5,6)18-14/h12-14H,8-11H2,1-7H3/t12?,13?,14?,17-/m1/s1. The van der Waals surface area contributed by atoms with E-state index >= 15 is 0 Å². The molecule has 2 nitrogen and oxygen atoms in total. The fourth-order valence-corrected chi connectivity index (χ4v) is 4.00. The highest BCUT2D eigenvalue weighted by atomic mass is 16.8. The van der Waals surface area contributed by atoms with E-state index < -0.39 is 5.79 Å². The SMILES string of the molecule is CCC(C)CCC1CC2OC(C)(C)O[C@@]2(C)C1(C)C. The van der Waals surface area contributed by atoms with Crippen LogP contribution in [0.1, 0.15) is 74.1 Å². The van der Waals surface area contributed by atoms with Gasteiger partial charge in [-0.3, -0.25) is 0 Å². The van der Waals surface area contributed by atoms with Gasteiger partial charge in [-0.2, -0.15) is 0 Å². The van der Waals surface area contributed by atoms with Gasteiger partial charge in [0.25, 0.3) is 0 Å². The zero-order valence-corrected chi connectivity index (χ0v) is 13.9. The van der Waals surface area contributed by atoms with Gasteiger partial charge in [-0.05, 0) is 50.9 Å². The first-order valence-electron chi connectivity index (χ1n) is 8.00. The van der Waals surface area contributed by atoms with Crippen molar-refractivity contribution in [3.05, 3.63) is 0 Å². The fourth-order valence-electron chi connectivity index (χ4n) is 4.00. The number of hydrogen-bond acceptors (Lipinski definition) is 2. The third-order valence-corrected chi connectivity index (χ3v) is 6.00. The summed E-state index contributed by atoms with van der Waals surface area (Å²) in [5, 5.41) is 0. The van der Waals surface area contributed by atoms with E-state index in [0.29, 0.717) is 5.92 Å². The maximum Gasteiger partial charge on any atom is 0.164 e. The van der Waals surface area contributed by atoms with Gasteiger partial charge in [-0.15, -0.1) is 0 Å². The van der Waals surface area contributed by atoms with E-state index in [2.05, 4.69) is 34.6 Å². The highest BCUT2D eigenvalue weighted by molar-refractivity contribution is 5.11. The molecule has 1 saturated carbocycles. The van der Waals surface area contributed by atoms with Crippen LogP contribution in [0.25, 0.3) is 0 Å². The molecule has 2 fully saturated rings. The second kappa shape index (κ2) is 4.73. The molecule has 2 aliphatic rings. The summed E-state index contributed by atoms with van der Waals surface area (Å²) < 4.78 is 12.5. The zero-order chi connectivity index (χ0) is 14.5. The van der Waals surface area contributed by atoms with Gasteiger partial charge in [0, 0.05) is 0 Å². The van der Waals surface area contributed by atoms with E-state index in [1.54, 1.807) is 0 Å². The lowest BCUT2D eigenvalue weighted by Gasteiger charge is -2.41. The predicted octanol–water partition coefficient (Wildman–Crippen LogP) is 4.77. The molecular formula is C17H32O2. The molecule has 0 aromatic heterocycles. The van der Waals surface area contributed by atoms with Crippen LogP contribution in [0, 0.1) is 17.3 Å². The molecule has 19 heavy (non-hydrogen) atoms. The van der Waals surface area contributed by atoms with Crippen LogP contribution in [0.3, 0.4) is 0 Å². The Morgan fingerprint density at radius 2 is 1.79 bits per heavy atom. The van der Waals surface area contributed by atoms with Gasteiger partial charge in [-0.1, -0.05) is 40.5 Å². The molecule has 112 valence electrons. The Kier molecular flexibility index (Phi) is 3.81. The minimum Gasteiger partial charge on any atom is -0.344 e. The maximum absolute atomic E-state index is 6.32. The first-order chi connectivity index (χ1) is 8.62. The van der Waals surface area contributed by atoms with Crippen LogP contribution in [0.2, 0.25) is 0 Å². The lowest BCUT2D eigenvalue weighted by molar-refractivity contribution is -0.192.